The molecule has 36 heavy (non-hydrogen) atoms. The van der Waals surface area contributed by atoms with Crippen molar-refractivity contribution in [2.75, 3.05) is 6.54 Å². The SMILES string of the molecule is CC(C)(C)OC(=O)N1C2CCC1CC(ONC(=O)[C@@H]1CC[C@@H]3CN1C(=O)N3OCc1ccccc1)C2. The van der Waals surface area contributed by atoms with Gasteiger partial charge in [0.05, 0.1) is 12.1 Å². The van der Waals surface area contributed by atoms with Crippen LogP contribution in [-0.2, 0) is 25.8 Å². The van der Waals surface area contributed by atoms with Crippen molar-refractivity contribution in [3.8, 4) is 0 Å². The molecular formula is C26H36N4O6. The van der Waals surface area contributed by atoms with E-state index in [1.165, 1.54) is 5.06 Å². The summed E-state index contributed by atoms with van der Waals surface area (Å²) in [5.74, 6) is -0.311. The second kappa shape index (κ2) is 9.89. The molecule has 196 valence electrons. The van der Waals surface area contributed by atoms with Crippen molar-refractivity contribution >= 4 is 18.0 Å². The van der Waals surface area contributed by atoms with Crippen molar-refractivity contribution in [2.24, 2.45) is 0 Å². The van der Waals surface area contributed by atoms with Gasteiger partial charge in [0.25, 0.3) is 5.91 Å². The molecule has 2 unspecified atom stereocenters. The minimum atomic E-state index is -0.586. The fourth-order valence-electron chi connectivity index (χ4n) is 5.83. The van der Waals surface area contributed by atoms with E-state index in [4.69, 9.17) is 14.4 Å². The van der Waals surface area contributed by atoms with Gasteiger partial charge in [-0.15, -0.1) is 0 Å². The summed E-state index contributed by atoms with van der Waals surface area (Å²) < 4.78 is 5.58. The Bertz CT molecular complexity index is 968. The van der Waals surface area contributed by atoms with E-state index >= 15 is 0 Å². The number of benzene rings is 1. The topological polar surface area (TPSA) is 101 Å². The molecule has 0 spiro atoms. The molecule has 4 amide bonds. The van der Waals surface area contributed by atoms with Gasteiger partial charge in [0.15, 0.2) is 0 Å². The van der Waals surface area contributed by atoms with Crippen molar-refractivity contribution in [3.63, 3.8) is 0 Å². The van der Waals surface area contributed by atoms with Crippen molar-refractivity contribution in [1.82, 2.24) is 20.3 Å². The van der Waals surface area contributed by atoms with E-state index in [0.29, 0.717) is 38.8 Å². The Kier molecular flexibility index (Phi) is 6.82. The maximum absolute atomic E-state index is 13.0. The minimum Gasteiger partial charge on any atom is -0.444 e. The van der Waals surface area contributed by atoms with Gasteiger partial charge in [0.1, 0.15) is 18.2 Å². The van der Waals surface area contributed by atoms with Gasteiger partial charge >= 0.3 is 12.1 Å². The summed E-state index contributed by atoms with van der Waals surface area (Å²) in [7, 11) is 0. The van der Waals surface area contributed by atoms with E-state index in [1.807, 2.05) is 56.0 Å². The predicted octanol–water partition coefficient (Wildman–Crippen LogP) is 3.37. The van der Waals surface area contributed by atoms with E-state index in [-0.39, 0.29) is 42.3 Å². The van der Waals surface area contributed by atoms with Crippen LogP contribution >= 0.6 is 0 Å². The van der Waals surface area contributed by atoms with E-state index in [9.17, 15) is 14.4 Å². The lowest BCUT2D eigenvalue weighted by molar-refractivity contribution is -0.148. The number of piperidine rings is 2. The van der Waals surface area contributed by atoms with Crippen molar-refractivity contribution in [3.05, 3.63) is 35.9 Å². The Morgan fingerprint density at radius 2 is 1.67 bits per heavy atom. The molecule has 0 aromatic heterocycles. The molecule has 0 radical (unpaired) electrons. The van der Waals surface area contributed by atoms with E-state index in [2.05, 4.69) is 5.48 Å². The van der Waals surface area contributed by atoms with E-state index in [0.717, 1.165) is 18.4 Å². The zero-order valence-corrected chi connectivity index (χ0v) is 21.2. The molecule has 1 N–H and O–H groups in total. The monoisotopic (exact) mass is 500 g/mol. The van der Waals surface area contributed by atoms with E-state index < -0.39 is 11.6 Å². The summed E-state index contributed by atoms with van der Waals surface area (Å²) >= 11 is 0. The molecule has 10 nitrogen and oxygen atoms in total. The summed E-state index contributed by atoms with van der Waals surface area (Å²) in [4.78, 5) is 53.7. The normalized spacial score (nSPS) is 29.5. The third kappa shape index (κ3) is 5.15. The summed E-state index contributed by atoms with van der Waals surface area (Å²) in [5.41, 5.74) is 3.07. The molecule has 4 saturated heterocycles. The highest BCUT2D eigenvalue weighted by Gasteiger charge is 2.49. The number of ether oxygens (including phenoxy) is 1. The fourth-order valence-corrected chi connectivity index (χ4v) is 5.83. The number of nitrogens with one attached hydrogen (secondary N) is 1. The van der Waals surface area contributed by atoms with Crippen LogP contribution in [0.1, 0.15) is 64.9 Å². The molecule has 4 fully saturated rings. The zero-order valence-electron chi connectivity index (χ0n) is 21.2. The first-order valence-electron chi connectivity index (χ1n) is 12.9. The second-order valence-electron chi connectivity index (χ2n) is 11.2. The summed E-state index contributed by atoms with van der Waals surface area (Å²) in [6.07, 6.45) is 3.89. The number of amides is 4. The third-order valence-electron chi connectivity index (χ3n) is 7.46. The predicted molar refractivity (Wildman–Crippen MR) is 129 cm³/mol. The van der Waals surface area contributed by atoms with Gasteiger partial charge in [-0.25, -0.2) is 15.1 Å². The first kappa shape index (κ1) is 24.8. The number of urea groups is 1. The second-order valence-corrected chi connectivity index (χ2v) is 11.2. The Balaban J connectivity index is 1.11. The summed E-state index contributed by atoms with van der Waals surface area (Å²) in [6.45, 7) is 6.37. The molecule has 1 aromatic rings. The van der Waals surface area contributed by atoms with Gasteiger partial charge in [0.2, 0.25) is 0 Å². The van der Waals surface area contributed by atoms with Gasteiger partial charge < -0.3 is 14.5 Å². The molecule has 4 aliphatic heterocycles. The Morgan fingerprint density at radius 3 is 2.33 bits per heavy atom. The first-order valence-corrected chi connectivity index (χ1v) is 12.9. The largest absolute Gasteiger partial charge is 0.444 e. The van der Waals surface area contributed by atoms with Crippen molar-refractivity contribution in [2.45, 2.75) is 102 Å². The number of fused-ring (bicyclic) bond motifs is 4. The average molecular weight is 501 g/mol. The highest BCUT2D eigenvalue weighted by atomic mass is 16.7. The molecular weight excluding hydrogens is 464 g/mol. The Morgan fingerprint density at radius 1 is 1.00 bits per heavy atom. The third-order valence-corrected chi connectivity index (χ3v) is 7.46. The molecule has 0 aliphatic carbocycles. The molecule has 10 heteroatoms. The van der Waals surface area contributed by atoms with Crippen LogP contribution in [0.5, 0.6) is 0 Å². The smallest absolute Gasteiger partial charge is 0.410 e. The van der Waals surface area contributed by atoms with Gasteiger partial charge in [-0.05, 0) is 64.9 Å². The number of hydrogen-bond donors (Lipinski definition) is 1. The number of hydroxylamine groups is 3. The van der Waals surface area contributed by atoms with Crippen LogP contribution in [0.25, 0.3) is 0 Å². The van der Waals surface area contributed by atoms with E-state index in [1.54, 1.807) is 4.90 Å². The molecule has 4 atom stereocenters. The number of hydrogen-bond acceptors (Lipinski definition) is 6. The number of nitrogens with zero attached hydrogens (tertiary/aromatic N) is 3. The summed E-state index contributed by atoms with van der Waals surface area (Å²) in [6, 6.07) is 8.87. The minimum absolute atomic E-state index is 0.0476. The van der Waals surface area contributed by atoms with Crippen LogP contribution in [0.15, 0.2) is 30.3 Å². The van der Waals surface area contributed by atoms with Crippen molar-refractivity contribution in [1.29, 1.82) is 0 Å². The highest BCUT2D eigenvalue weighted by Crippen LogP contribution is 2.38. The van der Waals surface area contributed by atoms with Gasteiger partial charge in [-0.3, -0.25) is 14.5 Å². The standard InChI is InChI=1S/C26H36N4O6/c1-26(2,3)35-25(33)29-18-9-10-19(29)14-21(13-18)36-27-23(31)22-12-11-20-15-28(22)24(32)30(20)34-16-17-7-5-4-6-8-17/h4-8,18-22H,9-16H2,1-3H3,(H,27,31)/t18?,19?,20-,21?,22+/m1/s1. The van der Waals surface area contributed by atoms with Crippen molar-refractivity contribution < 1.29 is 28.8 Å². The number of carbonyl (C=O) groups is 3. The summed E-state index contributed by atoms with van der Waals surface area (Å²) in [5, 5.41) is 1.42. The zero-order chi connectivity index (χ0) is 25.4. The fraction of sp³-hybridized carbons (Fsp3) is 0.654. The quantitative estimate of drug-likeness (QED) is 0.601. The van der Waals surface area contributed by atoms with Crippen LogP contribution in [0.4, 0.5) is 9.59 Å². The Labute approximate surface area is 211 Å². The lowest BCUT2D eigenvalue weighted by Gasteiger charge is -2.39. The molecule has 0 saturated carbocycles. The molecule has 4 aliphatic rings. The molecule has 5 rings (SSSR count). The van der Waals surface area contributed by atoms with Crippen LogP contribution in [0, 0.1) is 0 Å². The molecule has 4 heterocycles. The lowest BCUT2D eigenvalue weighted by atomic mass is 10.00. The maximum Gasteiger partial charge on any atom is 0.410 e. The average Bonchev–Trinajstić information content (AvgIpc) is 3.25. The number of rotatable bonds is 6. The van der Waals surface area contributed by atoms with Crippen LogP contribution in [0.3, 0.4) is 0 Å². The highest BCUT2D eigenvalue weighted by molar-refractivity contribution is 5.88. The van der Waals surface area contributed by atoms with Crippen LogP contribution in [0.2, 0.25) is 0 Å². The number of carbonyl (C=O) groups excluding carboxylic acids is 3. The first-order chi connectivity index (χ1) is 17.2. The van der Waals surface area contributed by atoms with Crippen LogP contribution in [-0.4, -0.2) is 75.3 Å². The van der Waals surface area contributed by atoms with Gasteiger partial charge in [0, 0.05) is 18.6 Å². The molecule has 1 aromatic carbocycles. The van der Waals surface area contributed by atoms with Crippen LogP contribution < -0.4 is 5.48 Å². The van der Waals surface area contributed by atoms with Gasteiger partial charge in [-0.1, -0.05) is 30.3 Å². The maximum atomic E-state index is 13.0. The Hall–Kier alpha value is -2.85. The molecule has 4 bridgehead atoms. The lowest BCUT2D eigenvalue weighted by Crippen LogP contribution is -2.53. The van der Waals surface area contributed by atoms with Gasteiger partial charge in [-0.2, -0.15) is 5.06 Å².